The van der Waals surface area contributed by atoms with Gasteiger partial charge in [-0.05, 0) is 21.1 Å². The van der Waals surface area contributed by atoms with Crippen molar-refractivity contribution in [2.75, 3.05) is 21.1 Å². The molecule has 0 saturated heterocycles. The monoisotopic (exact) mass is 105 g/mol. The highest BCUT2D eigenvalue weighted by atomic mass is 28.1. The molecule has 0 aromatic heterocycles. The highest BCUT2D eigenvalue weighted by molar-refractivity contribution is 5.85. The SMILES string of the molecule is CN(C)C.O=[SiH2]. The maximum atomic E-state index is 8.28. The Bertz CT molecular complexity index is 22.0. The van der Waals surface area contributed by atoms with Gasteiger partial charge in [-0.2, -0.15) is 0 Å². The molecule has 0 aliphatic rings. The van der Waals surface area contributed by atoms with Crippen molar-refractivity contribution < 1.29 is 4.46 Å². The Morgan fingerprint density at radius 1 is 1.17 bits per heavy atom. The Morgan fingerprint density at radius 3 is 1.17 bits per heavy atom. The van der Waals surface area contributed by atoms with Gasteiger partial charge in [-0.1, -0.05) is 0 Å². The zero-order chi connectivity index (χ0) is 5.58. The van der Waals surface area contributed by atoms with Crippen LogP contribution in [0.3, 0.4) is 0 Å². The average molecular weight is 105 g/mol. The minimum absolute atomic E-state index is 0.611. The second-order valence-corrected chi connectivity index (χ2v) is 1.34. The fourth-order valence-corrected chi connectivity index (χ4v) is 0. The number of nitrogens with zero attached hydrogens (tertiary/aromatic N) is 1. The van der Waals surface area contributed by atoms with E-state index in [1.807, 2.05) is 26.0 Å². The molecular weight excluding hydrogens is 94.1 g/mol. The first-order valence-electron chi connectivity index (χ1n) is 1.63. The van der Waals surface area contributed by atoms with Crippen molar-refractivity contribution in [3.63, 3.8) is 0 Å². The quantitative estimate of drug-likeness (QED) is 0.374. The van der Waals surface area contributed by atoms with Gasteiger partial charge in [0.25, 0.3) is 0 Å². The first-order valence-corrected chi connectivity index (χ1v) is 2.21. The topological polar surface area (TPSA) is 20.3 Å². The number of hydrogen-bond acceptors (Lipinski definition) is 2. The van der Waals surface area contributed by atoms with E-state index in [1.165, 1.54) is 0 Å². The fraction of sp³-hybridized carbons (Fsp3) is 1.00. The van der Waals surface area contributed by atoms with Gasteiger partial charge in [-0.3, -0.25) is 0 Å². The summed E-state index contributed by atoms with van der Waals surface area (Å²) in [6.07, 6.45) is 0. The lowest BCUT2D eigenvalue weighted by molar-refractivity contribution is 0.505. The molecule has 0 aromatic rings. The average Bonchev–Trinajstić information content (AvgIpc) is 1.41. The summed E-state index contributed by atoms with van der Waals surface area (Å²) in [4.78, 5) is 2.00. The standard InChI is InChI=1S/C3H9N.H2OSi/c1-4(2)3;1-2/h1-3H3;2H2. The van der Waals surface area contributed by atoms with E-state index >= 15 is 0 Å². The molecule has 0 fully saturated rings. The van der Waals surface area contributed by atoms with Crippen LogP contribution in [0.1, 0.15) is 0 Å². The van der Waals surface area contributed by atoms with Crippen molar-refractivity contribution in [2.24, 2.45) is 0 Å². The van der Waals surface area contributed by atoms with Crippen molar-refractivity contribution in [3.05, 3.63) is 0 Å². The van der Waals surface area contributed by atoms with Gasteiger partial charge in [0.1, 0.15) is 0 Å². The summed E-state index contributed by atoms with van der Waals surface area (Å²) >= 11 is 0. The molecule has 0 atom stereocenters. The van der Waals surface area contributed by atoms with Crippen molar-refractivity contribution in [2.45, 2.75) is 0 Å². The molecule has 0 rings (SSSR count). The first-order chi connectivity index (χ1) is 2.73. The lowest BCUT2D eigenvalue weighted by Gasteiger charge is -1.90. The van der Waals surface area contributed by atoms with Gasteiger partial charge in [-0.25, -0.2) is 0 Å². The Hall–Kier alpha value is -0.0231. The van der Waals surface area contributed by atoms with Crippen molar-refractivity contribution in [1.82, 2.24) is 4.90 Å². The zero-order valence-corrected chi connectivity index (χ0v) is 5.98. The predicted molar refractivity (Wildman–Crippen MR) is 28.8 cm³/mol. The van der Waals surface area contributed by atoms with Gasteiger partial charge in [0.05, 0.1) is 0 Å². The van der Waals surface area contributed by atoms with Crippen LogP contribution in [0.25, 0.3) is 0 Å². The van der Waals surface area contributed by atoms with Gasteiger partial charge in [0.15, 0.2) is 0 Å². The molecule has 2 nitrogen and oxygen atoms in total. The molecule has 38 valence electrons. The summed E-state index contributed by atoms with van der Waals surface area (Å²) in [5.41, 5.74) is 0. The Labute approximate surface area is 41.6 Å². The molecule has 0 aliphatic heterocycles. The molecule has 6 heavy (non-hydrogen) atoms. The maximum Gasteiger partial charge on any atom is 0.245 e. The Balaban J connectivity index is 0. The van der Waals surface area contributed by atoms with E-state index in [1.54, 1.807) is 0 Å². The van der Waals surface area contributed by atoms with E-state index in [9.17, 15) is 0 Å². The third kappa shape index (κ3) is 65900. The summed E-state index contributed by atoms with van der Waals surface area (Å²) in [6, 6.07) is 0. The van der Waals surface area contributed by atoms with Gasteiger partial charge in [0.2, 0.25) is 10.1 Å². The maximum absolute atomic E-state index is 8.28. The second kappa shape index (κ2) is 8.88. The lowest BCUT2D eigenvalue weighted by Crippen LogP contribution is -1.99. The van der Waals surface area contributed by atoms with Crippen LogP contribution in [0.5, 0.6) is 0 Å². The Morgan fingerprint density at radius 2 is 1.17 bits per heavy atom. The van der Waals surface area contributed by atoms with E-state index < -0.39 is 0 Å². The van der Waals surface area contributed by atoms with E-state index in [0.717, 1.165) is 0 Å². The molecule has 0 saturated carbocycles. The van der Waals surface area contributed by atoms with Crippen LogP contribution in [0.15, 0.2) is 0 Å². The molecular formula is C3H11NOSi. The van der Waals surface area contributed by atoms with Crippen LogP contribution in [-0.2, 0) is 4.46 Å². The van der Waals surface area contributed by atoms with Gasteiger partial charge in [0, 0.05) is 0 Å². The molecule has 0 N–H and O–H groups in total. The largest absolute Gasteiger partial charge is 0.396 e. The minimum Gasteiger partial charge on any atom is -0.396 e. The summed E-state index contributed by atoms with van der Waals surface area (Å²) in [5, 5.41) is 0. The number of rotatable bonds is 0. The van der Waals surface area contributed by atoms with Crippen molar-refractivity contribution in [3.8, 4) is 0 Å². The molecule has 0 radical (unpaired) electrons. The molecule has 0 aliphatic carbocycles. The lowest BCUT2D eigenvalue weighted by atomic mass is 11.0. The highest BCUT2D eigenvalue weighted by Crippen LogP contribution is 1.47. The normalized spacial score (nSPS) is 6.67. The molecule has 0 spiro atoms. The number of hydrogen-bond donors (Lipinski definition) is 0. The van der Waals surface area contributed by atoms with Gasteiger partial charge < -0.3 is 9.36 Å². The van der Waals surface area contributed by atoms with E-state index in [2.05, 4.69) is 0 Å². The molecule has 0 unspecified atom stereocenters. The first kappa shape index (κ1) is 9.36. The smallest absolute Gasteiger partial charge is 0.245 e. The van der Waals surface area contributed by atoms with E-state index in [0.29, 0.717) is 10.1 Å². The summed E-state index contributed by atoms with van der Waals surface area (Å²) < 4.78 is 8.28. The van der Waals surface area contributed by atoms with Crippen LogP contribution in [0, 0.1) is 0 Å². The van der Waals surface area contributed by atoms with Crippen molar-refractivity contribution >= 4 is 10.1 Å². The van der Waals surface area contributed by atoms with Crippen LogP contribution >= 0.6 is 0 Å². The third-order valence-electron chi connectivity index (χ3n) is 0. The van der Waals surface area contributed by atoms with E-state index in [-0.39, 0.29) is 0 Å². The minimum atomic E-state index is 0.611. The van der Waals surface area contributed by atoms with Gasteiger partial charge in [-0.15, -0.1) is 0 Å². The molecule has 0 bridgehead atoms. The summed E-state index contributed by atoms with van der Waals surface area (Å²) in [5.74, 6) is 0. The molecule has 3 heteroatoms. The second-order valence-electron chi connectivity index (χ2n) is 1.34. The third-order valence-corrected chi connectivity index (χ3v) is 0. The van der Waals surface area contributed by atoms with E-state index in [4.69, 9.17) is 4.46 Å². The van der Waals surface area contributed by atoms with Crippen LogP contribution in [0.4, 0.5) is 0 Å². The fourth-order valence-electron chi connectivity index (χ4n) is 0. The van der Waals surface area contributed by atoms with Crippen LogP contribution < -0.4 is 0 Å². The highest BCUT2D eigenvalue weighted by Gasteiger charge is 1.58. The van der Waals surface area contributed by atoms with Crippen molar-refractivity contribution in [1.29, 1.82) is 0 Å². The zero-order valence-electron chi connectivity index (χ0n) is 4.56. The van der Waals surface area contributed by atoms with Crippen LogP contribution in [0.2, 0.25) is 0 Å². The molecule has 0 aromatic carbocycles. The van der Waals surface area contributed by atoms with Gasteiger partial charge >= 0.3 is 0 Å². The predicted octanol–water partition coefficient (Wildman–Crippen LogP) is -0.857. The molecule has 0 heterocycles. The van der Waals surface area contributed by atoms with Crippen LogP contribution in [-0.4, -0.2) is 36.2 Å². The summed E-state index contributed by atoms with van der Waals surface area (Å²) in [7, 11) is 6.61. The summed E-state index contributed by atoms with van der Waals surface area (Å²) in [6.45, 7) is 0. The Kier molecular flexibility index (Phi) is 13.9. The molecule has 0 amide bonds.